The molecule has 0 aromatic carbocycles. The molecule has 0 saturated heterocycles. The van der Waals surface area contributed by atoms with Crippen LogP contribution >= 0.6 is 0 Å². The minimum Gasteiger partial charge on any atom is -0.385 e. The average molecular weight is 187 g/mol. The van der Waals surface area contributed by atoms with Crippen molar-refractivity contribution in [2.45, 2.75) is 39.0 Å². The molecule has 0 bridgehead atoms. The van der Waals surface area contributed by atoms with Gasteiger partial charge in [-0.2, -0.15) is 0 Å². The number of hydrogen-bond acceptors (Lipinski definition) is 2. The van der Waals surface area contributed by atoms with Crippen LogP contribution in [0, 0.1) is 0 Å². The van der Waals surface area contributed by atoms with Crippen LogP contribution < -0.4 is 0 Å². The van der Waals surface area contributed by atoms with Crippen LogP contribution in [0.15, 0.2) is 0 Å². The lowest BCUT2D eigenvalue weighted by atomic mass is 10.2. The highest BCUT2D eigenvalue weighted by Gasteiger charge is 1.95. The first-order chi connectivity index (χ1) is 6.31. The van der Waals surface area contributed by atoms with Crippen molar-refractivity contribution < 1.29 is 4.74 Å². The SMILES string of the molecule is CCCN(C)CCCCCCOC. The molecule has 0 aliphatic rings. The van der Waals surface area contributed by atoms with Crippen molar-refractivity contribution in [2.75, 3.05) is 33.9 Å². The Labute approximate surface area is 83.3 Å². The third kappa shape index (κ3) is 9.84. The molecule has 0 radical (unpaired) electrons. The maximum atomic E-state index is 5.00. The van der Waals surface area contributed by atoms with Gasteiger partial charge in [-0.05, 0) is 39.4 Å². The Bertz CT molecular complexity index is 96.1. The molecule has 80 valence electrons. The number of unbranched alkanes of at least 4 members (excludes halogenated alkanes) is 3. The molecule has 0 fully saturated rings. The summed E-state index contributed by atoms with van der Waals surface area (Å²) in [6.45, 7) is 5.64. The van der Waals surface area contributed by atoms with Crippen LogP contribution in [-0.2, 0) is 4.74 Å². The van der Waals surface area contributed by atoms with Crippen molar-refractivity contribution in [3.05, 3.63) is 0 Å². The van der Waals surface area contributed by atoms with Gasteiger partial charge in [0.1, 0.15) is 0 Å². The van der Waals surface area contributed by atoms with Crippen LogP contribution in [0.2, 0.25) is 0 Å². The molecule has 0 aliphatic carbocycles. The Morgan fingerprint density at radius 2 is 1.69 bits per heavy atom. The lowest BCUT2D eigenvalue weighted by molar-refractivity contribution is 0.191. The molecule has 0 N–H and O–H groups in total. The second-order valence-corrected chi connectivity index (χ2v) is 3.71. The summed E-state index contributed by atoms with van der Waals surface area (Å²) < 4.78 is 5.00. The van der Waals surface area contributed by atoms with Gasteiger partial charge in [-0.3, -0.25) is 0 Å². The second-order valence-electron chi connectivity index (χ2n) is 3.71. The van der Waals surface area contributed by atoms with Gasteiger partial charge < -0.3 is 9.64 Å². The molecule has 0 aliphatic heterocycles. The van der Waals surface area contributed by atoms with Crippen LogP contribution in [0.25, 0.3) is 0 Å². The molecule has 13 heavy (non-hydrogen) atoms. The van der Waals surface area contributed by atoms with E-state index in [9.17, 15) is 0 Å². The fourth-order valence-electron chi connectivity index (χ4n) is 1.48. The highest BCUT2D eigenvalue weighted by atomic mass is 16.5. The third-order valence-corrected chi connectivity index (χ3v) is 2.24. The van der Waals surface area contributed by atoms with Crippen LogP contribution in [0.4, 0.5) is 0 Å². The molecule has 0 atom stereocenters. The van der Waals surface area contributed by atoms with E-state index in [1.807, 2.05) is 0 Å². The summed E-state index contributed by atoms with van der Waals surface area (Å²) in [6.07, 6.45) is 6.47. The smallest absolute Gasteiger partial charge is 0.0462 e. The van der Waals surface area contributed by atoms with E-state index in [1.165, 1.54) is 45.2 Å². The van der Waals surface area contributed by atoms with Crippen molar-refractivity contribution >= 4 is 0 Å². The minimum atomic E-state index is 0.921. The number of ether oxygens (including phenoxy) is 1. The largest absolute Gasteiger partial charge is 0.385 e. The summed E-state index contributed by atoms with van der Waals surface area (Å²) in [5, 5.41) is 0. The van der Waals surface area contributed by atoms with Gasteiger partial charge in [-0.15, -0.1) is 0 Å². The highest BCUT2D eigenvalue weighted by molar-refractivity contribution is 4.50. The molecule has 0 saturated carbocycles. The minimum absolute atomic E-state index is 0.921. The average Bonchev–Trinajstić information content (AvgIpc) is 2.11. The fraction of sp³-hybridized carbons (Fsp3) is 1.00. The van der Waals surface area contributed by atoms with E-state index in [2.05, 4.69) is 18.9 Å². The highest BCUT2D eigenvalue weighted by Crippen LogP contribution is 2.01. The van der Waals surface area contributed by atoms with E-state index < -0.39 is 0 Å². The summed E-state index contributed by atoms with van der Waals surface area (Å²) in [5.41, 5.74) is 0. The first-order valence-corrected chi connectivity index (χ1v) is 5.48. The van der Waals surface area contributed by atoms with Gasteiger partial charge in [0.25, 0.3) is 0 Å². The van der Waals surface area contributed by atoms with Crippen molar-refractivity contribution in [1.82, 2.24) is 4.90 Å². The molecular weight excluding hydrogens is 162 g/mol. The summed E-state index contributed by atoms with van der Waals surface area (Å²) in [6, 6.07) is 0. The van der Waals surface area contributed by atoms with Gasteiger partial charge in [-0.1, -0.05) is 19.8 Å². The molecule has 0 spiro atoms. The molecule has 0 aromatic heterocycles. The van der Waals surface area contributed by atoms with Crippen molar-refractivity contribution in [3.8, 4) is 0 Å². The van der Waals surface area contributed by atoms with Crippen LogP contribution in [-0.4, -0.2) is 38.8 Å². The summed E-state index contributed by atoms with van der Waals surface area (Å²) in [7, 11) is 3.98. The Hall–Kier alpha value is -0.0800. The van der Waals surface area contributed by atoms with Crippen molar-refractivity contribution in [1.29, 1.82) is 0 Å². The van der Waals surface area contributed by atoms with E-state index in [0.717, 1.165) is 6.61 Å². The van der Waals surface area contributed by atoms with Crippen LogP contribution in [0.3, 0.4) is 0 Å². The molecule has 0 amide bonds. The van der Waals surface area contributed by atoms with E-state index in [1.54, 1.807) is 7.11 Å². The number of hydrogen-bond donors (Lipinski definition) is 0. The topological polar surface area (TPSA) is 12.5 Å². The summed E-state index contributed by atoms with van der Waals surface area (Å²) in [5.74, 6) is 0. The van der Waals surface area contributed by atoms with Gasteiger partial charge in [0, 0.05) is 13.7 Å². The Morgan fingerprint density at radius 1 is 1.00 bits per heavy atom. The normalized spacial score (nSPS) is 11.1. The van der Waals surface area contributed by atoms with Crippen LogP contribution in [0.1, 0.15) is 39.0 Å². The van der Waals surface area contributed by atoms with Crippen molar-refractivity contribution in [3.63, 3.8) is 0 Å². The zero-order chi connectivity index (χ0) is 9.94. The van der Waals surface area contributed by atoms with Gasteiger partial charge in [-0.25, -0.2) is 0 Å². The summed E-state index contributed by atoms with van der Waals surface area (Å²) in [4.78, 5) is 2.41. The molecule has 0 unspecified atom stereocenters. The molecular formula is C11H25NO. The Balaban J connectivity index is 2.97. The maximum absolute atomic E-state index is 5.00. The second kappa shape index (κ2) is 10.0. The van der Waals surface area contributed by atoms with E-state index in [-0.39, 0.29) is 0 Å². The zero-order valence-corrected chi connectivity index (χ0v) is 9.51. The van der Waals surface area contributed by atoms with Gasteiger partial charge in [0.05, 0.1) is 0 Å². The van der Waals surface area contributed by atoms with Gasteiger partial charge in [0.15, 0.2) is 0 Å². The van der Waals surface area contributed by atoms with Crippen molar-refractivity contribution in [2.24, 2.45) is 0 Å². The lowest BCUT2D eigenvalue weighted by Gasteiger charge is -2.14. The molecule has 0 rings (SSSR count). The molecule has 2 nitrogen and oxygen atoms in total. The number of nitrogens with zero attached hydrogens (tertiary/aromatic N) is 1. The van der Waals surface area contributed by atoms with E-state index in [4.69, 9.17) is 4.74 Å². The lowest BCUT2D eigenvalue weighted by Crippen LogP contribution is -2.20. The predicted molar refractivity (Wildman–Crippen MR) is 58.1 cm³/mol. The fourth-order valence-corrected chi connectivity index (χ4v) is 1.48. The monoisotopic (exact) mass is 187 g/mol. The standard InChI is InChI=1S/C11H25NO/c1-4-9-12(2)10-7-5-6-8-11-13-3/h4-11H2,1-3H3. The maximum Gasteiger partial charge on any atom is 0.0462 e. The first-order valence-electron chi connectivity index (χ1n) is 5.48. The predicted octanol–water partition coefficient (Wildman–Crippen LogP) is 2.54. The molecule has 0 aromatic rings. The molecule has 0 heterocycles. The zero-order valence-electron chi connectivity index (χ0n) is 9.51. The molecule has 2 heteroatoms. The van der Waals surface area contributed by atoms with Gasteiger partial charge in [0.2, 0.25) is 0 Å². The number of methoxy groups -OCH3 is 1. The van der Waals surface area contributed by atoms with E-state index in [0.29, 0.717) is 0 Å². The number of rotatable bonds is 9. The summed E-state index contributed by atoms with van der Waals surface area (Å²) >= 11 is 0. The van der Waals surface area contributed by atoms with Crippen LogP contribution in [0.5, 0.6) is 0 Å². The quantitative estimate of drug-likeness (QED) is 0.514. The van der Waals surface area contributed by atoms with E-state index >= 15 is 0 Å². The first kappa shape index (κ1) is 12.9. The van der Waals surface area contributed by atoms with Gasteiger partial charge >= 0.3 is 0 Å². The Kier molecular flexibility index (Phi) is 9.94. The Morgan fingerprint density at radius 3 is 2.31 bits per heavy atom. The third-order valence-electron chi connectivity index (χ3n) is 2.24.